The Morgan fingerprint density at radius 3 is 1.79 bits per heavy atom. The number of ether oxygens (including phenoxy) is 3. The molecule has 2 amide bonds. The number of methoxy groups -OCH3 is 1. The number of rotatable bonds is 13. The van der Waals surface area contributed by atoms with Gasteiger partial charge in [-0.2, -0.15) is 0 Å². The largest absolute Gasteiger partial charge is 0.485 e. The first kappa shape index (κ1) is 27.4. The van der Waals surface area contributed by atoms with E-state index in [1.165, 1.54) is 7.11 Å². The van der Waals surface area contributed by atoms with Crippen LogP contribution in [0, 0.1) is 0 Å². The van der Waals surface area contributed by atoms with Crippen LogP contribution in [-0.2, 0) is 34.0 Å². The fourth-order valence-corrected chi connectivity index (χ4v) is 4.11. The second-order valence-electron chi connectivity index (χ2n) is 9.02. The smallest absolute Gasteiger partial charge is 0.254 e. The Bertz CT molecular complexity index is 1350. The van der Waals surface area contributed by atoms with Crippen molar-refractivity contribution in [2.45, 2.75) is 31.8 Å². The Morgan fingerprint density at radius 1 is 0.718 bits per heavy atom. The third-order valence-electron chi connectivity index (χ3n) is 6.16. The molecule has 0 aromatic heterocycles. The fraction of sp³-hybridized carbons (Fsp3) is 0.188. The van der Waals surface area contributed by atoms with Gasteiger partial charge in [0.25, 0.3) is 5.91 Å². The quantitative estimate of drug-likeness (QED) is 0.263. The molecule has 0 aliphatic heterocycles. The van der Waals surface area contributed by atoms with Crippen LogP contribution in [0.25, 0.3) is 0 Å². The molecule has 200 valence electrons. The van der Waals surface area contributed by atoms with Crippen LogP contribution >= 0.6 is 0 Å². The zero-order valence-corrected chi connectivity index (χ0v) is 21.8. The molecule has 4 aromatic carbocycles. The molecular weight excluding hydrogens is 492 g/mol. The molecule has 0 radical (unpaired) electrons. The van der Waals surface area contributed by atoms with E-state index in [9.17, 15) is 9.59 Å². The number of primary amides is 1. The topological polar surface area (TPSA) is 99.9 Å². The van der Waals surface area contributed by atoms with E-state index >= 15 is 0 Å². The molecule has 2 atom stereocenters. The maximum absolute atomic E-state index is 13.0. The Morgan fingerprint density at radius 2 is 1.26 bits per heavy atom. The summed E-state index contributed by atoms with van der Waals surface area (Å²) in [5, 5.41) is 2.74. The molecule has 0 unspecified atom stereocenters. The van der Waals surface area contributed by atoms with Crippen molar-refractivity contribution in [2.24, 2.45) is 5.73 Å². The average Bonchev–Trinajstić information content (AvgIpc) is 2.97. The van der Waals surface area contributed by atoms with Crippen LogP contribution in [0.15, 0.2) is 109 Å². The Hall–Kier alpha value is -4.62. The van der Waals surface area contributed by atoms with Crippen LogP contribution in [0.4, 0.5) is 0 Å². The summed E-state index contributed by atoms with van der Waals surface area (Å²) in [6.07, 6.45) is -0.695. The molecule has 7 nitrogen and oxygen atoms in total. The van der Waals surface area contributed by atoms with Crippen molar-refractivity contribution in [1.29, 1.82) is 0 Å². The van der Waals surface area contributed by atoms with Crippen LogP contribution < -0.4 is 20.5 Å². The third-order valence-corrected chi connectivity index (χ3v) is 6.16. The zero-order chi connectivity index (χ0) is 27.5. The average molecular weight is 525 g/mol. The SMILES string of the molecule is CO[C@@H](C(=O)N[C@@H](Cc1ccc(OCc2ccccc2)c(OCc2ccccc2)c1)C(N)=O)c1ccccc1. The molecule has 7 heteroatoms. The molecule has 3 N–H and O–H groups in total. The van der Waals surface area contributed by atoms with Crippen LogP contribution in [0.5, 0.6) is 11.5 Å². The summed E-state index contributed by atoms with van der Waals surface area (Å²) >= 11 is 0. The second-order valence-corrected chi connectivity index (χ2v) is 9.02. The highest BCUT2D eigenvalue weighted by Crippen LogP contribution is 2.31. The lowest BCUT2D eigenvalue weighted by molar-refractivity contribution is -0.134. The first-order valence-electron chi connectivity index (χ1n) is 12.7. The van der Waals surface area contributed by atoms with Crippen molar-refractivity contribution in [1.82, 2.24) is 5.32 Å². The lowest BCUT2D eigenvalue weighted by Gasteiger charge is -2.21. The number of nitrogens with one attached hydrogen (secondary N) is 1. The van der Waals surface area contributed by atoms with Crippen molar-refractivity contribution in [3.8, 4) is 11.5 Å². The maximum Gasteiger partial charge on any atom is 0.254 e. The lowest BCUT2D eigenvalue weighted by atomic mass is 10.0. The van der Waals surface area contributed by atoms with Gasteiger partial charge in [0.05, 0.1) is 0 Å². The molecular formula is C32H32N2O5. The summed E-state index contributed by atoms with van der Waals surface area (Å²) in [7, 11) is 1.45. The van der Waals surface area contributed by atoms with Crippen molar-refractivity contribution < 1.29 is 23.8 Å². The van der Waals surface area contributed by atoms with Crippen LogP contribution in [-0.4, -0.2) is 25.0 Å². The molecule has 0 spiro atoms. The van der Waals surface area contributed by atoms with Crippen molar-refractivity contribution in [3.05, 3.63) is 131 Å². The van der Waals surface area contributed by atoms with Crippen LogP contribution in [0.3, 0.4) is 0 Å². The van der Waals surface area contributed by atoms with Gasteiger partial charge in [0.2, 0.25) is 5.91 Å². The summed E-state index contributed by atoms with van der Waals surface area (Å²) in [6.45, 7) is 0.717. The highest BCUT2D eigenvalue weighted by atomic mass is 16.5. The Labute approximate surface area is 228 Å². The number of carbonyl (C=O) groups excluding carboxylic acids is 2. The minimum Gasteiger partial charge on any atom is -0.485 e. The molecule has 4 rings (SSSR count). The summed E-state index contributed by atoms with van der Waals surface area (Å²) in [5.41, 5.74) is 9.14. The van der Waals surface area contributed by atoms with Gasteiger partial charge in [-0.3, -0.25) is 9.59 Å². The van der Waals surface area contributed by atoms with Gasteiger partial charge in [0.1, 0.15) is 19.3 Å². The first-order valence-corrected chi connectivity index (χ1v) is 12.7. The van der Waals surface area contributed by atoms with Crippen LogP contribution in [0.1, 0.15) is 28.4 Å². The standard InChI is InChI=1S/C32H32N2O5/c1-37-30(26-15-9-4-10-16-26)32(36)34-27(31(33)35)19-25-17-18-28(38-21-23-11-5-2-6-12-23)29(20-25)39-22-24-13-7-3-8-14-24/h2-18,20,27,30H,19,21-22H2,1H3,(H2,33,35)(H,34,36)/t27-,30+/m0/s1. The monoisotopic (exact) mass is 524 g/mol. The van der Waals surface area contributed by atoms with Crippen molar-refractivity contribution in [3.63, 3.8) is 0 Å². The minimum absolute atomic E-state index is 0.174. The van der Waals surface area contributed by atoms with Gasteiger partial charge in [0.15, 0.2) is 17.6 Å². The van der Waals surface area contributed by atoms with E-state index in [0.717, 1.165) is 16.7 Å². The van der Waals surface area contributed by atoms with Gasteiger partial charge in [-0.1, -0.05) is 97.1 Å². The fourth-order valence-electron chi connectivity index (χ4n) is 4.11. The highest BCUT2D eigenvalue weighted by molar-refractivity contribution is 5.89. The molecule has 0 bridgehead atoms. The summed E-state index contributed by atoms with van der Waals surface area (Å²) < 4.78 is 17.6. The molecule has 39 heavy (non-hydrogen) atoms. The Kier molecular flexibility index (Phi) is 9.69. The lowest BCUT2D eigenvalue weighted by Crippen LogP contribution is -2.47. The number of nitrogens with two attached hydrogens (primary N) is 1. The van der Waals surface area contributed by atoms with E-state index in [-0.39, 0.29) is 6.42 Å². The maximum atomic E-state index is 13.0. The molecule has 0 saturated heterocycles. The minimum atomic E-state index is -0.947. The second kappa shape index (κ2) is 13.8. The molecule has 0 aliphatic carbocycles. The number of hydrogen-bond donors (Lipinski definition) is 2. The number of hydrogen-bond acceptors (Lipinski definition) is 5. The predicted molar refractivity (Wildman–Crippen MR) is 149 cm³/mol. The van der Waals surface area contributed by atoms with Crippen LogP contribution in [0.2, 0.25) is 0 Å². The van der Waals surface area contributed by atoms with Gasteiger partial charge < -0.3 is 25.3 Å². The van der Waals surface area contributed by atoms with E-state index in [1.54, 1.807) is 18.2 Å². The Balaban J connectivity index is 1.51. The first-order chi connectivity index (χ1) is 19.0. The highest BCUT2D eigenvalue weighted by Gasteiger charge is 2.26. The van der Waals surface area contributed by atoms with Gasteiger partial charge >= 0.3 is 0 Å². The zero-order valence-electron chi connectivity index (χ0n) is 21.8. The molecule has 0 aliphatic rings. The van der Waals surface area contributed by atoms with Gasteiger partial charge in [-0.05, 0) is 34.4 Å². The summed E-state index contributed by atoms with van der Waals surface area (Å²) in [6, 6.07) is 33.2. The molecule has 0 heterocycles. The summed E-state index contributed by atoms with van der Waals surface area (Å²) in [5.74, 6) is 0.000826. The molecule has 0 fully saturated rings. The van der Waals surface area contributed by atoms with E-state index in [4.69, 9.17) is 19.9 Å². The number of amides is 2. The molecule has 4 aromatic rings. The van der Waals surface area contributed by atoms with E-state index in [2.05, 4.69) is 5.32 Å². The predicted octanol–water partition coefficient (Wildman–Crippen LogP) is 4.74. The van der Waals surface area contributed by atoms with E-state index < -0.39 is 24.0 Å². The third kappa shape index (κ3) is 7.93. The van der Waals surface area contributed by atoms with Gasteiger partial charge in [-0.25, -0.2) is 0 Å². The van der Waals surface area contributed by atoms with Gasteiger partial charge in [-0.15, -0.1) is 0 Å². The van der Waals surface area contributed by atoms with Crippen molar-refractivity contribution in [2.75, 3.05) is 7.11 Å². The molecule has 0 saturated carbocycles. The van der Waals surface area contributed by atoms with Crippen molar-refractivity contribution >= 4 is 11.8 Å². The number of carbonyl (C=O) groups is 2. The van der Waals surface area contributed by atoms with E-state index in [1.807, 2.05) is 91.0 Å². The summed E-state index contributed by atoms with van der Waals surface area (Å²) in [4.78, 5) is 25.3. The normalized spacial score (nSPS) is 12.2. The number of benzene rings is 4. The van der Waals surface area contributed by atoms with E-state index in [0.29, 0.717) is 30.3 Å². The van der Waals surface area contributed by atoms with Gasteiger partial charge in [0, 0.05) is 13.5 Å².